The van der Waals surface area contributed by atoms with Crippen LogP contribution in [-0.2, 0) is 9.53 Å². The quantitative estimate of drug-likeness (QED) is 0.812. The number of nitrogens with zero attached hydrogens (tertiary/aromatic N) is 4. The van der Waals surface area contributed by atoms with E-state index in [0.29, 0.717) is 55.9 Å². The fourth-order valence-electron chi connectivity index (χ4n) is 4.21. The molecule has 0 bridgehead atoms. The lowest BCUT2D eigenvalue weighted by molar-refractivity contribution is -0.136. The summed E-state index contributed by atoms with van der Waals surface area (Å²) in [6.07, 6.45) is 5.68. The van der Waals surface area contributed by atoms with Gasteiger partial charge in [-0.15, -0.1) is 0 Å². The Bertz CT molecular complexity index is 878. The molecule has 3 heterocycles. The third kappa shape index (κ3) is 4.38. The molecule has 0 spiro atoms. The lowest BCUT2D eigenvalue weighted by Gasteiger charge is -2.30. The number of hydrogen-bond donors (Lipinski definition) is 1. The lowest BCUT2D eigenvalue weighted by Crippen LogP contribution is -2.45. The van der Waals surface area contributed by atoms with Crippen molar-refractivity contribution in [3.63, 3.8) is 0 Å². The van der Waals surface area contributed by atoms with E-state index in [4.69, 9.17) is 4.74 Å². The van der Waals surface area contributed by atoms with Gasteiger partial charge in [-0.3, -0.25) is 24.5 Å². The summed E-state index contributed by atoms with van der Waals surface area (Å²) in [5.41, 5.74) is 1.86. The number of carbonyl (C=O) groups excluding carboxylic acids is 2. The van der Waals surface area contributed by atoms with Crippen LogP contribution in [0.3, 0.4) is 0 Å². The zero-order chi connectivity index (χ0) is 20.2. The van der Waals surface area contributed by atoms with Crippen LogP contribution in [0.15, 0.2) is 30.6 Å². The molecule has 8 heteroatoms. The summed E-state index contributed by atoms with van der Waals surface area (Å²) in [6, 6.07) is 5.88. The minimum atomic E-state index is -0.141. The fourth-order valence-corrected chi connectivity index (χ4v) is 4.21. The molecule has 1 N–H and O–H groups in total. The van der Waals surface area contributed by atoms with Gasteiger partial charge in [0.1, 0.15) is 5.52 Å². The summed E-state index contributed by atoms with van der Waals surface area (Å²) in [5.74, 6) is 0.0570. The molecule has 1 aromatic heterocycles. The van der Waals surface area contributed by atoms with Crippen LogP contribution in [0.4, 0.5) is 0 Å². The van der Waals surface area contributed by atoms with Gasteiger partial charge in [0, 0.05) is 50.5 Å². The normalized spacial score (nSPS) is 22.7. The van der Waals surface area contributed by atoms with E-state index in [2.05, 4.69) is 20.2 Å². The molecular formula is C21H27N5O3. The van der Waals surface area contributed by atoms with Crippen molar-refractivity contribution < 1.29 is 14.3 Å². The number of fused-ring (bicyclic) bond motifs is 1. The Kier molecular flexibility index (Phi) is 6.01. The van der Waals surface area contributed by atoms with Crippen LogP contribution < -0.4 is 5.32 Å². The molecule has 154 valence electrons. The largest absolute Gasteiger partial charge is 0.378 e. The first-order valence-electron chi connectivity index (χ1n) is 10.2. The third-order valence-corrected chi connectivity index (χ3v) is 6.00. The third-order valence-electron chi connectivity index (χ3n) is 6.00. The van der Waals surface area contributed by atoms with Crippen LogP contribution in [0, 0.1) is 0 Å². The van der Waals surface area contributed by atoms with Gasteiger partial charge in [-0.2, -0.15) is 0 Å². The maximum absolute atomic E-state index is 12.7. The molecule has 8 nitrogen and oxygen atoms in total. The topological polar surface area (TPSA) is 87.7 Å². The van der Waals surface area contributed by atoms with Gasteiger partial charge >= 0.3 is 0 Å². The predicted octanol–water partition coefficient (Wildman–Crippen LogP) is 1.07. The Morgan fingerprint density at radius 3 is 2.72 bits per heavy atom. The second-order valence-electron chi connectivity index (χ2n) is 7.69. The fraction of sp³-hybridized carbons (Fsp3) is 0.524. The van der Waals surface area contributed by atoms with Gasteiger partial charge in [0.05, 0.1) is 24.3 Å². The van der Waals surface area contributed by atoms with E-state index in [1.807, 2.05) is 24.1 Å². The maximum atomic E-state index is 12.7. The van der Waals surface area contributed by atoms with Gasteiger partial charge in [0.2, 0.25) is 5.91 Å². The molecule has 0 unspecified atom stereocenters. The molecule has 0 radical (unpaired) electrons. The van der Waals surface area contributed by atoms with E-state index >= 15 is 0 Å². The molecule has 2 amide bonds. The Morgan fingerprint density at radius 1 is 1.14 bits per heavy atom. The van der Waals surface area contributed by atoms with Crippen LogP contribution in [0.5, 0.6) is 0 Å². The number of benzene rings is 1. The highest BCUT2D eigenvalue weighted by molar-refractivity contribution is 6.04. The van der Waals surface area contributed by atoms with Crippen LogP contribution in [0.2, 0.25) is 0 Å². The zero-order valence-corrected chi connectivity index (χ0v) is 16.7. The van der Waals surface area contributed by atoms with Gasteiger partial charge in [0.25, 0.3) is 5.91 Å². The van der Waals surface area contributed by atoms with Crippen molar-refractivity contribution in [1.29, 1.82) is 0 Å². The van der Waals surface area contributed by atoms with Crippen molar-refractivity contribution in [3.8, 4) is 0 Å². The Hall–Kier alpha value is -2.58. The zero-order valence-electron chi connectivity index (χ0n) is 16.7. The van der Waals surface area contributed by atoms with Gasteiger partial charge in [0.15, 0.2) is 0 Å². The maximum Gasteiger partial charge on any atom is 0.253 e. The monoisotopic (exact) mass is 397 g/mol. The molecule has 2 aromatic rings. The molecule has 4 rings (SSSR count). The van der Waals surface area contributed by atoms with E-state index in [0.717, 1.165) is 12.8 Å². The molecule has 29 heavy (non-hydrogen) atoms. The number of carbonyl (C=O) groups is 2. The molecule has 2 fully saturated rings. The minimum Gasteiger partial charge on any atom is -0.378 e. The highest BCUT2D eigenvalue weighted by Gasteiger charge is 2.33. The average Bonchev–Trinajstić information content (AvgIpc) is 3.11. The Morgan fingerprint density at radius 2 is 1.90 bits per heavy atom. The molecular weight excluding hydrogens is 370 g/mol. The number of aromatic nitrogens is 2. The number of amides is 2. The molecule has 2 atom stereocenters. The number of nitrogens with one attached hydrogen (secondary N) is 1. The molecule has 2 aliphatic heterocycles. The van der Waals surface area contributed by atoms with Crippen molar-refractivity contribution in [1.82, 2.24) is 25.1 Å². The molecule has 2 aliphatic rings. The molecule has 0 saturated carbocycles. The number of morpholine rings is 1. The van der Waals surface area contributed by atoms with Gasteiger partial charge < -0.3 is 15.0 Å². The first-order valence-corrected chi connectivity index (χ1v) is 10.2. The predicted molar refractivity (Wildman–Crippen MR) is 108 cm³/mol. The van der Waals surface area contributed by atoms with Crippen molar-refractivity contribution in [2.45, 2.75) is 31.3 Å². The first-order chi connectivity index (χ1) is 14.1. The number of hydrogen-bond acceptors (Lipinski definition) is 6. The second-order valence-corrected chi connectivity index (χ2v) is 7.69. The summed E-state index contributed by atoms with van der Waals surface area (Å²) in [6.45, 7) is 3.17. The molecule has 0 aliphatic carbocycles. The van der Waals surface area contributed by atoms with Crippen molar-refractivity contribution in [2.24, 2.45) is 0 Å². The van der Waals surface area contributed by atoms with Gasteiger partial charge in [-0.25, -0.2) is 0 Å². The minimum absolute atomic E-state index is 0.141. The first kappa shape index (κ1) is 19.7. The number of rotatable bonds is 5. The SMILES string of the molecule is CN1[C@@H](CC(=O)N2CCOCC2)CC[C@H]1CNC(=O)c1cccc2nccnc12. The lowest BCUT2D eigenvalue weighted by atomic mass is 10.1. The summed E-state index contributed by atoms with van der Waals surface area (Å²) in [4.78, 5) is 38.0. The van der Waals surface area contributed by atoms with Gasteiger partial charge in [-0.1, -0.05) is 6.07 Å². The van der Waals surface area contributed by atoms with E-state index in [1.54, 1.807) is 18.5 Å². The van der Waals surface area contributed by atoms with Crippen molar-refractivity contribution >= 4 is 22.8 Å². The summed E-state index contributed by atoms with van der Waals surface area (Å²) < 4.78 is 5.32. The Balaban J connectivity index is 1.32. The van der Waals surface area contributed by atoms with E-state index in [-0.39, 0.29) is 23.9 Å². The van der Waals surface area contributed by atoms with Crippen LogP contribution in [0.1, 0.15) is 29.6 Å². The Labute approximate surface area is 170 Å². The smallest absolute Gasteiger partial charge is 0.253 e. The summed E-state index contributed by atoms with van der Waals surface area (Å²) in [5, 5.41) is 3.04. The molecule has 1 aromatic carbocycles. The number of para-hydroxylation sites is 1. The molecule has 2 saturated heterocycles. The summed E-state index contributed by atoms with van der Waals surface area (Å²) in [7, 11) is 2.05. The number of likely N-dealkylation sites (tertiary alicyclic amines) is 1. The number of ether oxygens (including phenoxy) is 1. The van der Waals surface area contributed by atoms with Gasteiger partial charge in [-0.05, 0) is 32.0 Å². The second kappa shape index (κ2) is 8.84. The van der Waals surface area contributed by atoms with E-state index < -0.39 is 0 Å². The van der Waals surface area contributed by atoms with Crippen molar-refractivity contribution in [2.75, 3.05) is 39.9 Å². The average molecular weight is 397 g/mol. The van der Waals surface area contributed by atoms with Crippen LogP contribution in [-0.4, -0.2) is 83.6 Å². The highest BCUT2D eigenvalue weighted by Crippen LogP contribution is 2.25. The van der Waals surface area contributed by atoms with E-state index in [9.17, 15) is 9.59 Å². The van der Waals surface area contributed by atoms with E-state index in [1.165, 1.54) is 0 Å². The van der Waals surface area contributed by atoms with Crippen molar-refractivity contribution in [3.05, 3.63) is 36.2 Å². The standard InChI is InChI=1S/C21H27N5O3/c1-25-15(13-19(27)26-9-11-29-12-10-26)5-6-16(25)14-24-21(28)17-3-2-4-18-20(17)23-8-7-22-18/h2-4,7-8,15-16H,5-6,9-14H2,1H3,(H,24,28)/t15-,16+/m1/s1. The number of likely N-dealkylation sites (N-methyl/N-ethyl adjacent to an activating group) is 1. The van der Waals surface area contributed by atoms with Crippen LogP contribution in [0.25, 0.3) is 11.0 Å². The summed E-state index contributed by atoms with van der Waals surface area (Å²) >= 11 is 0. The highest BCUT2D eigenvalue weighted by atomic mass is 16.5. The van der Waals surface area contributed by atoms with Crippen LogP contribution >= 0.6 is 0 Å².